The first-order valence-corrected chi connectivity index (χ1v) is 13.1. The second-order valence-corrected chi connectivity index (χ2v) is 9.60. The van der Waals surface area contributed by atoms with E-state index >= 15 is 0 Å². The molecule has 0 radical (unpaired) electrons. The number of aliphatic hydroxyl groups excluding tert-OH is 1. The summed E-state index contributed by atoms with van der Waals surface area (Å²) >= 11 is 0. The lowest BCUT2D eigenvalue weighted by molar-refractivity contribution is 0.0978. The lowest BCUT2D eigenvalue weighted by Gasteiger charge is -2.13. The first-order valence-electron chi connectivity index (χ1n) is 11.2. The first-order chi connectivity index (χ1) is 16.8. The molecule has 0 aromatic heterocycles. The average Bonchev–Trinajstić information content (AvgIpc) is 2.84. The van der Waals surface area contributed by atoms with E-state index in [9.17, 15) is 18.3 Å². The SMILES string of the molecule is CCOc1cc(-c2ccc(OCCNC[C@@H](O)c3ccccc3)cc2)ccc1C(=O)NS(C)(=O)=O. The molecule has 1 amide bonds. The number of nitrogens with one attached hydrogen (secondary N) is 2. The van der Waals surface area contributed by atoms with Crippen LogP contribution in [0.5, 0.6) is 11.5 Å². The van der Waals surface area contributed by atoms with E-state index in [-0.39, 0.29) is 5.56 Å². The molecule has 9 heteroatoms. The van der Waals surface area contributed by atoms with Crippen molar-refractivity contribution in [1.29, 1.82) is 0 Å². The topological polar surface area (TPSA) is 114 Å². The fraction of sp³-hybridized carbons (Fsp3) is 0.269. The number of sulfonamides is 1. The molecule has 0 bridgehead atoms. The second kappa shape index (κ2) is 12.3. The van der Waals surface area contributed by atoms with Crippen LogP contribution in [0.25, 0.3) is 11.1 Å². The highest BCUT2D eigenvalue weighted by Gasteiger charge is 2.17. The minimum atomic E-state index is -3.68. The minimum absolute atomic E-state index is 0.144. The molecular formula is C26H30N2O6S. The van der Waals surface area contributed by atoms with Gasteiger partial charge in [0.05, 0.1) is 24.5 Å². The van der Waals surface area contributed by atoms with Crippen molar-refractivity contribution in [2.45, 2.75) is 13.0 Å². The van der Waals surface area contributed by atoms with Crippen molar-refractivity contribution in [2.24, 2.45) is 0 Å². The van der Waals surface area contributed by atoms with Crippen molar-refractivity contribution in [3.05, 3.63) is 83.9 Å². The summed E-state index contributed by atoms with van der Waals surface area (Å²) in [5.74, 6) is 0.264. The Kier molecular flexibility index (Phi) is 9.25. The molecule has 0 saturated heterocycles. The van der Waals surface area contributed by atoms with Crippen LogP contribution in [0.1, 0.15) is 28.9 Å². The van der Waals surface area contributed by atoms with Gasteiger partial charge in [0.15, 0.2) is 0 Å². The molecule has 0 aliphatic rings. The van der Waals surface area contributed by atoms with Gasteiger partial charge >= 0.3 is 0 Å². The lowest BCUT2D eigenvalue weighted by atomic mass is 10.0. The van der Waals surface area contributed by atoms with Crippen molar-refractivity contribution >= 4 is 15.9 Å². The molecule has 186 valence electrons. The third-order valence-electron chi connectivity index (χ3n) is 5.06. The zero-order chi connectivity index (χ0) is 25.3. The van der Waals surface area contributed by atoms with Crippen LogP contribution in [-0.2, 0) is 10.0 Å². The van der Waals surface area contributed by atoms with E-state index in [0.717, 1.165) is 22.9 Å². The third-order valence-corrected chi connectivity index (χ3v) is 5.62. The Morgan fingerprint density at radius 3 is 2.31 bits per heavy atom. The van der Waals surface area contributed by atoms with Gasteiger partial charge in [-0.05, 0) is 47.9 Å². The van der Waals surface area contributed by atoms with E-state index in [1.54, 1.807) is 25.1 Å². The molecule has 1 atom stereocenters. The summed E-state index contributed by atoms with van der Waals surface area (Å²) < 4.78 is 36.1. The third kappa shape index (κ3) is 8.10. The van der Waals surface area contributed by atoms with Crippen LogP contribution in [0, 0.1) is 0 Å². The van der Waals surface area contributed by atoms with E-state index < -0.39 is 22.0 Å². The predicted molar refractivity (Wildman–Crippen MR) is 135 cm³/mol. The fourth-order valence-electron chi connectivity index (χ4n) is 3.40. The van der Waals surface area contributed by atoms with Gasteiger partial charge in [-0.15, -0.1) is 0 Å². The van der Waals surface area contributed by atoms with E-state index in [4.69, 9.17) is 9.47 Å². The molecule has 8 nitrogen and oxygen atoms in total. The van der Waals surface area contributed by atoms with Gasteiger partial charge in [-0.3, -0.25) is 4.79 Å². The fourth-order valence-corrected chi connectivity index (χ4v) is 3.85. The normalized spacial score (nSPS) is 12.1. The molecule has 0 heterocycles. The molecule has 0 unspecified atom stereocenters. The molecular weight excluding hydrogens is 468 g/mol. The van der Waals surface area contributed by atoms with E-state index in [0.29, 0.717) is 37.8 Å². The van der Waals surface area contributed by atoms with Crippen LogP contribution < -0.4 is 19.5 Å². The van der Waals surface area contributed by atoms with E-state index in [1.165, 1.54) is 0 Å². The molecule has 0 fully saturated rings. The number of rotatable bonds is 12. The van der Waals surface area contributed by atoms with Crippen LogP contribution in [0.3, 0.4) is 0 Å². The largest absolute Gasteiger partial charge is 0.493 e. The van der Waals surface area contributed by atoms with E-state index in [1.807, 2.05) is 59.3 Å². The number of benzene rings is 3. The number of hydrogen-bond acceptors (Lipinski definition) is 7. The van der Waals surface area contributed by atoms with Gasteiger partial charge < -0.3 is 19.9 Å². The van der Waals surface area contributed by atoms with Gasteiger partial charge in [-0.25, -0.2) is 13.1 Å². The van der Waals surface area contributed by atoms with Crippen LogP contribution in [0.2, 0.25) is 0 Å². The molecule has 3 rings (SSSR count). The lowest BCUT2D eigenvalue weighted by Crippen LogP contribution is -2.29. The summed E-state index contributed by atoms with van der Waals surface area (Å²) in [6, 6.07) is 21.9. The number of aliphatic hydroxyl groups is 1. The van der Waals surface area contributed by atoms with Gasteiger partial charge in [0.1, 0.15) is 18.1 Å². The highest BCUT2D eigenvalue weighted by atomic mass is 32.2. The smallest absolute Gasteiger partial charge is 0.268 e. The van der Waals surface area contributed by atoms with Gasteiger partial charge in [0.25, 0.3) is 5.91 Å². The summed E-state index contributed by atoms with van der Waals surface area (Å²) in [4.78, 5) is 12.3. The number of amides is 1. The van der Waals surface area contributed by atoms with Gasteiger partial charge in [-0.2, -0.15) is 0 Å². The van der Waals surface area contributed by atoms with Crippen molar-refractivity contribution in [1.82, 2.24) is 10.0 Å². The molecule has 3 aromatic carbocycles. The average molecular weight is 499 g/mol. The summed E-state index contributed by atoms with van der Waals surface area (Å²) in [7, 11) is -3.68. The monoisotopic (exact) mass is 498 g/mol. The van der Waals surface area contributed by atoms with Crippen LogP contribution in [-0.4, -0.2) is 52.0 Å². The second-order valence-electron chi connectivity index (χ2n) is 7.85. The zero-order valence-corrected chi connectivity index (χ0v) is 20.5. The summed E-state index contributed by atoms with van der Waals surface area (Å²) in [5.41, 5.74) is 2.71. The molecule has 0 saturated carbocycles. The van der Waals surface area contributed by atoms with Crippen LogP contribution in [0.15, 0.2) is 72.8 Å². The molecule has 0 aliphatic carbocycles. The van der Waals surface area contributed by atoms with Gasteiger partial charge in [-0.1, -0.05) is 48.5 Å². The van der Waals surface area contributed by atoms with Gasteiger partial charge in [0, 0.05) is 13.1 Å². The molecule has 35 heavy (non-hydrogen) atoms. The zero-order valence-electron chi connectivity index (χ0n) is 19.7. The summed E-state index contributed by atoms with van der Waals surface area (Å²) in [6.07, 6.45) is 0.355. The van der Waals surface area contributed by atoms with Crippen LogP contribution >= 0.6 is 0 Å². The summed E-state index contributed by atoms with van der Waals surface area (Å²) in [5, 5.41) is 13.3. The number of hydrogen-bond donors (Lipinski definition) is 3. The first kappa shape index (κ1) is 26.2. The summed E-state index contributed by atoms with van der Waals surface area (Å²) in [6.45, 7) is 3.58. The van der Waals surface area contributed by atoms with E-state index in [2.05, 4.69) is 5.32 Å². The number of ether oxygens (including phenoxy) is 2. The maximum absolute atomic E-state index is 12.3. The molecule has 3 N–H and O–H groups in total. The predicted octanol–water partition coefficient (Wildman–Crippen LogP) is 3.14. The van der Waals surface area contributed by atoms with Crippen molar-refractivity contribution in [3.8, 4) is 22.6 Å². The Morgan fingerprint density at radius 2 is 1.66 bits per heavy atom. The van der Waals surface area contributed by atoms with Crippen molar-refractivity contribution in [2.75, 3.05) is 32.6 Å². The Bertz CT molecular complexity index is 1210. The molecule has 3 aromatic rings. The Balaban J connectivity index is 1.55. The van der Waals surface area contributed by atoms with Crippen molar-refractivity contribution < 1.29 is 27.8 Å². The highest BCUT2D eigenvalue weighted by Crippen LogP contribution is 2.29. The maximum Gasteiger partial charge on any atom is 0.268 e. The van der Waals surface area contributed by atoms with Crippen molar-refractivity contribution in [3.63, 3.8) is 0 Å². The van der Waals surface area contributed by atoms with Gasteiger partial charge in [0.2, 0.25) is 10.0 Å². The Morgan fingerprint density at radius 1 is 0.971 bits per heavy atom. The highest BCUT2D eigenvalue weighted by molar-refractivity contribution is 7.89. The van der Waals surface area contributed by atoms with Crippen LogP contribution in [0.4, 0.5) is 0 Å². The number of carbonyl (C=O) groups excluding carboxylic acids is 1. The standard InChI is InChI=1S/C26H30N2O6S/c1-3-33-25-17-21(11-14-23(25)26(30)28-35(2,31)32)19-9-12-22(13-10-19)34-16-15-27-18-24(29)20-7-5-4-6-8-20/h4-14,17,24,27,29H,3,15-16,18H2,1-2H3,(H,28,30)/t24-/m1/s1. The Labute approximate surface area is 206 Å². The molecule has 0 spiro atoms. The minimum Gasteiger partial charge on any atom is -0.493 e. The Hall–Kier alpha value is -3.40. The quantitative estimate of drug-likeness (QED) is 0.329. The molecule has 0 aliphatic heterocycles. The number of carbonyl (C=O) groups is 1. The maximum atomic E-state index is 12.3.